The lowest BCUT2D eigenvalue weighted by Crippen LogP contribution is -2.38. The van der Waals surface area contributed by atoms with Crippen molar-refractivity contribution in [1.29, 1.82) is 5.26 Å². The molecule has 196 valence electrons. The number of ether oxygens (including phenoxy) is 4. The molecular formula is C26H46N2O6. The Kier molecular flexibility index (Phi) is 29.7. The molecule has 0 aliphatic rings. The van der Waals surface area contributed by atoms with Gasteiger partial charge in [-0.2, -0.15) is 5.26 Å². The molecule has 0 fully saturated rings. The van der Waals surface area contributed by atoms with Gasteiger partial charge in [0, 0.05) is 6.54 Å². The first-order chi connectivity index (χ1) is 16.5. The highest BCUT2D eigenvalue weighted by Gasteiger charge is 2.31. The second-order valence-corrected chi connectivity index (χ2v) is 6.21. The van der Waals surface area contributed by atoms with E-state index in [2.05, 4.69) is 17.0 Å². The molecule has 8 heteroatoms. The molecule has 0 saturated carbocycles. The fourth-order valence-corrected chi connectivity index (χ4v) is 2.18. The molecule has 0 unspecified atom stereocenters. The van der Waals surface area contributed by atoms with Crippen molar-refractivity contribution in [3.8, 4) is 12.0 Å². The monoisotopic (exact) mass is 482 g/mol. The highest BCUT2D eigenvalue weighted by atomic mass is 16.6. The van der Waals surface area contributed by atoms with Gasteiger partial charge >= 0.3 is 11.9 Å². The summed E-state index contributed by atoms with van der Waals surface area (Å²) in [5.41, 5.74) is 1.05. The van der Waals surface area contributed by atoms with Gasteiger partial charge in [-0.1, -0.05) is 65.2 Å². The van der Waals surface area contributed by atoms with E-state index in [4.69, 9.17) is 19.5 Å². The number of aryl methyl sites for hydroxylation is 1. The summed E-state index contributed by atoms with van der Waals surface area (Å²) in [7, 11) is 0. The molecule has 1 N–H and O–H groups in total. The third-order valence-electron chi connectivity index (χ3n) is 3.68. The molecule has 0 radical (unpaired) electrons. The number of hydrogen-bond acceptors (Lipinski definition) is 8. The zero-order valence-corrected chi connectivity index (χ0v) is 22.4. The number of nitrogens with one attached hydrogen (secondary N) is 1. The van der Waals surface area contributed by atoms with Gasteiger partial charge in [-0.15, -0.1) is 0 Å². The third-order valence-corrected chi connectivity index (χ3v) is 3.68. The minimum absolute atomic E-state index is 0.173. The summed E-state index contributed by atoms with van der Waals surface area (Å²) in [4.78, 5) is 23.4. The number of benzene rings is 1. The Morgan fingerprint density at radius 2 is 1.44 bits per heavy atom. The Morgan fingerprint density at radius 3 is 1.88 bits per heavy atom. The van der Waals surface area contributed by atoms with Crippen LogP contribution in [0, 0.1) is 18.4 Å². The van der Waals surface area contributed by atoms with Crippen LogP contribution in [0.2, 0.25) is 0 Å². The van der Waals surface area contributed by atoms with Crippen molar-refractivity contribution < 1.29 is 28.5 Å². The molecule has 0 aromatic heterocycles. The van der Waals surface area contributed by atoms with Crippen LogP contribution in [0.5, 0.6) is 5.75 Å². The van der Waals surface area contributed by atoms with E-state index in [1.54, 1.807) is 32.2 Å². The smallest absolute Gasteiger partial charge is 0.359 e. The summed E-state index contributed by atoms with van der Waals surface area (Å²) in [6, 6.07) is 7.01. The zero-order valence-electron chi connectivity index (χ0n) is 22.4. The summed E-state index contributed by atoms with van der Waals surface area (Å²) in [5, 5.41) is 11.2. The number of nitrogens with zero attached hydrogens (tertiary/aromatic N) is 1. The summed E-state index contributed by atoms with van der Waals surface area (Å²) < 4.78 is 19.4. The molecule has 0 aliphatic carbocycles. The van der Waals surface area contributed by atoms with Gasteiger partial charge in [0.2, 0.25) is 0 Å². The van der Waals surface area contributed by atoms with Crippen LogP contribution in [0.1, 0.15) is 73.3 Å². The maximum absolute atomic E-state index is 11.7. The van der Waals surface area contributed by atoms with Gasteiger partial charge in [-0.05, 0) is 45.9 Å². The largest absolute Gasteiger partial charge is 0.467 e. The molecular weight excluding hydrogens is 436 g/mol. The molecule has 0 bridgehead atoms. The van der Waals surface area contributed by atoms with Crippen LogP contribution in [-0.4, -0.2) is 51.0 Å². The summed E-state index contributed by atoms with van der Waals surface area (Å²) >= 11 is 0. The SMILES string of the molecule is CC.CC.CCCCCNCCOC#N.CCOC(=O)C(Oc1ccc(C)cc1)C(=O)OCC. The van der Waals surface area contributed by atoms with Gasteiger partial charge in [0.25, 0.3) is 12.4 Å². The first-order valence-corrected chi connectivity index (χ1v) is 12.3. The normalized spacial score (nSPS) is 8.94. The van der Waals surface area contributed by atoms with E-state index in [0.717, 1.165) is 18.7 Å². The predicted octanol–water partition coefficient (Wildman–Crippen LogP) is 5.18. The molecule has 1 aromatic rings. The molecule has 1 rings (SSSR count). The second kappa shape index (κ2) is 28.2. The summed E-state index contributed by atoms with van der Waals surface area (Å²) in [5.74, 6) is -1.08. The number of rotatable bonds is 13. The Bertz CT molecular complexity index is 611. The quantitative estimate of drug-likeness (QED) is 0.177. The first-order valence-electron chi connectivity index (χ1n) is 12.3. The first kappa shape index (κ1) is 35.8. The molecule has 8 nitrogen and oxygen atoms in total. The van der Waals surface area contributed by atoms with Crippen LogP contribution in [0.25, 0.3) is 0 Å². The lowest BCUT2D eigenvalue weighted by Gasteiger charge is -2.16. The van der Waals surface area contributed by atoms with E-state index in [9.17, 15) is 9.59 Å². The molecule has 0 atom stereocenters. The third kappa shape index (κ3) is 21.1. The lowest BCUT2D eigenvalue weighted by atomic mass is 10.2. The van der Waals surface area contributed by atoms with Gasteiger partial charge in [0.15, 0.2) is 0 Å². The van der Waals surface area contributed by atoms with Crippen molar-refractivity contribution in [2.24, 2.45) is 0 Å². The van der Waals surface area contributed by atoms with Gasteiger partial charge < -0.3 is 24.3 Å². The predicted molar refractivity (Wildman–Crippen MR) is 136 cm³/mol. The summed E-state index contributed by atoms with van der Waals surface area (Å²) in [6.45, 7) is 18.1. The van der Waals surface area contributed by atoms with E-state index >= 15 is 0 Å². The molecule has 0 amide bonds. The van der Waals surface area contributed by atoms with E-state index in [0.29, 0.717) is 12.4 Å². The fraction of sp³-hybridized carbons (Fsp3) is 0.654. The van der Waals surface area contributed by atoms with Crippen LogP contribution in [0.15, 0.2) is 24.3 Å². The molecule has 0 heterocycles. The topological polar surface area (TPSA) is 107 Å². The highest BCUT2D eigenvalue weighted by molar-refractivity contribution is 5.98. The Hall–Kier alpha value is -2.79. The summed E-state index contributed by atoms with van der Waals surface area (Å²) in [6.07, 6.45) is 3.97. The van der Waals surface area contributed by atoms with E-state index in [-0.39, 0.29) is 13.2 Å². The van der Waals surface area contributed by atoms with Crippen LogP contribution >= 0.6 is 0 Å². The number of nitriles is 1. The van der Waals surface area contributed by atoms with Crippen molar-refractivity contribution in [2.75, 3.05) is 32.9 Å². The van der Waals surface area contributed by atoms with Gasteiger partial charge in [0.05, 0.1) is 13.2 Å². The average Bonchev–Trinajstić information content (AvgIpc) is 2.86. The minimum Gasteiger partial charge on any atom is -0.467 e. The molecule has 34 heavy (non-hydrogen) atoms. The number of unbranched alkanes of at least 4 members (excludes halogenated alkanes) is 2. The van der Waals surface area contributed by atoms with Gasteiger partial charge in [-0.3, -0.25) is 0 Å². The molecule has 0 aliphatic heterocycles. The maximum Gasteiger partial charge on any atom is 0.359 e. The lowest BCUT2D eigenvalue weighted by molar-refractivity contribution is -0.166. The van der Waals surface area contributed by atoms with Crippen LogP contribution in [0.4, 0.5) is 0 Å². The Balaban J connectivity index is -0.000000547. The van der Waals surface area contributed by atoms with Crippen molar-refractivity contribution in [3.05, 3.63) is 29.8 Å². The Morgan fingerprint density at radius 1 is 0.912 bits per heavy atom. The standard InChI is InChI=1S/C14H18O5.C8H16N2O.2C2H6/c1-4-17-13(15)12(14(16)18-5-2)19-11-8-6-10(3)7-9-11;1-2-3-4-5-10-6-7-11-8-9;2*1-2/h6-9,12H,4-5H2,1-3H3;10H,2-7H2,1H3;2*1-2H3. The Labute approximate surface area is 206 Å². The average molecular weight is 483 g/mol. The second-order valence-electron chi connectivity index (χ2n) is 6.21. The van der Waals surface area contributed by atoms with E-state index < -0.39 is 18.0 Å². The van der Waals surface area contributed by atoms with Crippen LogP contribution in [-0.2, 0) is 23.8 Å². The maximum atomic E-state index is 11.7. The number of hydrogen-bond donors (Lipinski definition) is 1. The van der Waals surface area contributed by atoms with Crippen LogP contribution in [0.3, 0.4) is 0 Å². The zero-order chi connectivity index (χ0) is 26.6. The number of carbonyl (C=O) groups is 2. The van der Waals surface area contributed by atoms with E-state index in [1.807, 2.05) is 46.8 Å². The van der Waals surface area contributed by atoms with Gasteiger partial charge in [-0.25, -0.2) is 9.59 Å². The highest BCUT2D eigenvalue weighted by Crippen LogP contribution is 2.14. The van der Waals surface area contributed by atoms with Gasteiger partial charge in [0.1, 0.15) is 12.4 Å². The molecule has 0 spiro atoms. The van der Waals surface area contributed by atoms with Crippen molar-refractivity contribution in [3.63, 3.8) is 0 Å². The number of carbonyl (C=O) groups excluding carboxylic acids is 2. The molecule has 1 aromatic carbocycles. The van der Waals surface area contributed by atoms with E-state index in [1.165, 1.54) is 19.3 Å². The number of esters is 2. The van der Waals surface area contributed by atoms with Crippen molar-refractivity contribution in [1.82, 2.24) is 5.32 Å². The molecule has 0 saturated heterocycles. The van der Waals surface area contributed by atoms with Crippen LogP contribution < -0.4 is 10.1 Å². The van der Waals surface area contributed by atoms with Crippen molar-refractivity contribution >= 4 is 11.9 Å². The minimum atomic E-state index is -1.39. The fourth-order valence-electron chi connectivity index (χ4n) is 2.18. The van der Waals surface area contributed by atoms with Crippen molar-refractivity contribution in [2.45, 2.75) is 80.8 Å².